The van der Waals surface area contributed by atoms with E-state index in [1.807, 2.05) is 4.90 Å². The summed E-state index contributed by atoms with van der Waals surface area (Å²) in [4.78, 5) is 23.6. The molecule has 2 aromatic rings. The predicted molar refractivity (Wildman–Crippen MR) is 145 cm³/mol. The molecule has 2 aliphatic rings. The standard InChI is InChI=1S/C30H41F3N4O/c1-29(2,3)25-7-9-27(10-8-25)36-14-5-12-35(16-17-36)15-11-28(38)37-13-4-6-23(22-37)18-24-19-26(21-34-20-24)30(31,32)33/h7-10,19-21,23H,4-6,11-18,22H2,1-3H3/t23-/m1/s1. The summed E-state index contributed by atoms with van der Waals surface area (Å²) >= 11 is 0. The molecule has 0 aliphatic carbocycles. The van der Waals surface area contributed by atoms with E-state index in [1.165, 1.54) is 23.5 Å². The van der Waals surface area contributed by atoms with Crippen molar-refractivity contribution in [2.24, 2.45) is 5.92 Å². The Morgan fingerprint density at radius 3 is 2.42 bits per heavy atom. The van der Waals surface area contributed by atoms with Gasteiger partial charge in [-0.3, -0.25) is 9.78 Å². The van der Waals surface area contributed by atoms with Crippen LogP contribution in [0.4, 0.5) is 18.9 Å². The first-order chi connectivity index (χ1) is 18.0. The van der Waals surface area contributed by atoms with Crippen LogP contribution in [0.15, 0.2) is 42.7 Å². The van der Waals surface area contributed by atoms with Crippen LogP contribution in [0.5, 0.6) is 0 Å². The van der Waals surface area contributed by atoms with Crippen molar-refractivity contribution in [1.29, 1.82) is 0 Å². The third-order valence-corrected chi connectivity index (χ3v) is 7.85. The van der Waals surface area contributed by atoms with E-state index in [4.69, 9.17) is 0 Å². The summed E-state index contributed by atoms with van der Waals surface area (Å²) in [6, 6.07) is 10.1. The molecule has 1 aromatic carbocycles. The van der Waals surface area contributed by atoms with E-state index in [0.29, 0.717) is 24.9 Å². The fourth-order valence-electron chi connectivity index (χ4n) is 5.58. The molecule has 0 saturated carbocycles. The third kappa shape index (κ3) is 7.71. The summed E-state index contributed by atoms with van der Waals surface area (Å²) in [5, 5.41) is 0. The lowest BCUT2D eigenvalue weighted by molar-refractivity contribution is -0.138. The largest absolute Gasteiger partial charge is 0.417 e. The smallest absolute Gasteiger partial charge is 0.370 e. The Morgan fingerprint density at radius 1 is 0.947 bits per heavy atom. The first kappa shape index (κ1) is 28.4. The first-order valence-corrected chi connectivity index (χ1v) is 13.9. The fourth-order valence-corrected chi connectivity index (χ4v) is 5.58. The molecular formula is C30H41F3N4O. The van der Waals surface area contributed by atoms with Gasteiger partial charge < -0.3 is 14.7 Å². The van der Waals surface area contributed by atoms with E-state index < -0.39 is 11.7 Å². The highest BCUT2D eigenvalue weighted by Gasteiger charge is 2.31. The number of amides is 1. The molecule has 4 rings (SSSR count). The van der Waals surface area contributed by atoms with Gasteiger partial charge in [0.1, 0.15) is 0 Å². The van der Waals surface area contributed by atoms with Crippen LogP contribution in [0.2, 0.25) is 0 Å². The number of hydrogen-bond donors (Lipinski definition) is 0. The Morgan fingerprint density at radius 2 is 1.71 bits per heavy atom. The summed E-state index contributed by atoms with van der Waals surface area (Å²) in [5.41, 5.74) is 2.61. The number of alkyl halides is 3. The number of pyridine rings is 1. The lowest BCUT2D eigenvalue weighted by Gasteiger charge is -2.33. The van der Waals surface area contributed by atoms with Gasteiger partial charge in [0.05, 0.1) is 5.56 Å². The molecule has 208 valence electrons. The van der Waals surface area contributed by atoms with Gasteiger partial charge >= 0.3 is 6.18 Å². The van der Waals surface area contributed by atoms with E-state index in [2.05, 4.69) is 59.8 Å². The number of nitrogens with zero attached hydrogens (tertiary/aromatic N) is 4. The lowest BCUT2D eigenvalue weighted by Crippen LogP contribution is -2.42. The van der Waals surface area contributed by atoms with Crippen LogP contribution in [0.1, 0.15) is 63.1 Å². The zero-order valence-corrected chi connectivity index (χ0v) is 22.9. The number of carbonyl (C=O) groups excluding carboxylic acids is 1. The van der Waals surface area contributed by atoms with Crippen molar-refractivity contribution in [3.05, 3.63) is 59.4 Å². The van der Waals surface area contributed by atoms with Gasteiger partial charge in [0.2, 0.25) is 5.91 Å². The van der Waals surface area contributed by atoms with Crippen molar-refractivity contribution in [3.63, 3.8) is 0 Å². The van der Waals surface area contributed by atoms with Gasteiger partial charge in [-0.2, -0.15) is 13.2 Å². The second-order valence-corrected chi connectivity index (χ2v) is 11.9. The molecular weight excluding hydrogens is 489 g/mol. The molecule has 1 amide bonds. The maximum absolute atomic E-state index is 13.0. The average molecular weight is 531 g/mol. The van der Waals surface area contributed by atoms with Gasteiger partial charge in [0.15, 0.2) is 0 Å². The molecule has 0 bridgehead atoms. The Hall–Kier alpha value is -2.61. The van der Waals surface area contributed by atoms with Gasteiger partial charge in [-0.15, -0.1) is 0 Å². The quantitative estimate of drug-likeness (QED) is 0.475. The molecule has 1 aromatic heterocycles. The topological polar surface area (TPSA) is 39.7 Å². The predicted octanol–water partition coefficient (Wildman–Crippen LogP) is 5.78. The average Bonchev–Trinajstić information content (AvgIpc) is 3.12. The van der Waals surface area contributed by atoms with E-state index in [0.717, 1.165) is 64.7 Å². The van der Waals surface area contributed by atoms with Gasteiger partial charge in [-0.05, 0) is 72.9 Å². The SMILES string of the molecule is CC(C)(C)c1ccc(N2CCCN(CCC(=O)N3CCC[C@H](Cc4cncc(C(F)(F)F)c4)C3)CC2)cc1. The molecule has 0 radical (unpaired) electrons. The zero-order chi connectivity index (χ0) is 27.3. The fraction of sp³-hybridized carbons (Fsp3) is 0.600. The van der Waals surface area contributed by atoms with E-state index >= 15 is 0 Å². The van der Waals surface area contributed by atoms with E-state index in [9.17, 15) is 18.0 Å². The van der Waals surface area contributed by atoms with Gasteiger partial charge in [-0.25, -0.2) is 0 Å². The van der Waals surface area contributed by atoms with Crippen molar-refractivity contribution in [3.8, 4) is 0 Å². The number of rotatable bonds is 6. The molecule has 3 heterocycles. The van der Waals surface area contributed by atoms with Gasteiger partial charge in [0, 0.05) is 63.8 Å². The summed E-state index contributed by atoms with van der Waals surface area (Å²) < 4.78 is 39.1. The summed E-state index contributed by atoms with van der Waals surface area (Å²) in [6.07, 6.45) is 1.85. The molecule has 2 saturated heterocycles. The zero-order valence-electron chi connectivity index (χ0n) is 22.9. The van der Waals surface area contributed by atoms with Crippen LogP contribution in [-0.4, -0.2) is 66.5 Å². The summed E-state index contributed by atoms with van der Waals surface area (Å²) in [5.74, 6) is 0.310. The Kier molecular flexibility index (Phi) is 9.01. The third-order valence-electron chi connectivity index (χ3n) is 7.85. The molecule has 0 spiro atoms. The van der Waals surface area contributed by atoms with Gasteiger partial charge in [-0.1, -0.05) is 32.9 Å². The first-order valence-electron chi connectivity index (χ1n) is 13.9. The van der Waals surface area contributed by atoms with Crippen molar-refractivity contribution in [2.45, 2.75) is 64.5 Å². The number of likely N-dealkylation sites (tertiary alicyclic amines) is 1. The maximum Gasteiger partial charge on any atom is 0.417 e. The Bertz CT molecular complexity index is 1060. The molecule has 0 unspecified atom stereocenters. The maximum atomic E-state index is 13.0. The Labute approximate surface area is 225 Å². The Balaban J connectivity index is 1.24. The van der Waals surface area contributed by atoms with Crippen LogP contribution in [-0.2, 0) is 22.8 Å². The number of hydrogen-bond acceptors (Lipinski definition) is 4. The normalized spacial score (nSPS) is 19.9. The van der Waals surface area contributed by atoms with Crippen molar-refractivity contribution < 1.29 is 18.0 Å². The number of benzene rings is 1. The number of halogens is 3. The monoisotopic (exact) mass is 530 g/mol. The molecule has 0 N–H and O–H groups in total. The summed E-state index contributed by atoms with van der Waals surface area (Å²) in [6.45, 7) is 12.6. The van der Waals surface area contributed by atoms with Gasteiger partial charge in [0.25, 0.3) is 0 Å². The number of aromatic nitrogens is 1. The van der Waals surface area contributed by atoms with Crippen molar-refractivity contribution in [1.82, 2.24) is 14.8 Å². The van der Waals surface area contributed by atoms with E-state index in [-0.39, 0.29) is 17.2 Å². The minimum absolute atomic E-state index is 0.143. The highest BCUT2D eigenvalue weighted by molar-refractivity contribution is 5.76. The second kappa shape index (κ2) is 12.1. The minimum atomic E-state index is -4.39. The minimum Gasteiger partial charge on any atom is -0.370 e. The second-order valence-electron chi connectivity index (χ2n) is 11.9. The van der Waals surface area contributed by atoms with Crippen molar-refractivity contribution in [2.75, 3.05) is 50.7 Å². The highest BCUT2D eigenvalue weighted by atomic mass is 19.4. The number of carbonyl (C=O) groups is 1. The summed E-state index contributed by atoms with van der Waals surface area (Å²) in [7, 11) is 0. The van der Waals surface area contributed by atoms with E-state index in [1.54, 1.807) is 0 Å². The molecule has 5 nitrogen and oxygen atoms in total. The number of piperidine rings is 1. The van der Waals surface area contributed by atoms with Crippen LogP contribution < -0.4 is 4.90 Å². The van der Waals surface area contributed by atoms with Crippen LogP contribution in [0, 0.1) is 5.92 Å². The van der Waals surface area contributed by atoms with Crippen molar-refractivity contribution >= 4 is 11.6 Å². The molecule has 2 aliphatic heterocycles. The van der Waals surface area contributed by atoms with Crippen LogP contribution in [0.3, 0.4) is 0 Å². The van der Waals surface area contributed by atoms with Crippen LogP contribution >= 0.6 is 0 Å². The number of anilines is 1. The molecule has 2 fully saturated rings. The highest BCUT2D eigenvalue weighted by Crippen LogP contribution is 2.30. The molecule has 1 atom stereocenters. The van der Waals surface area contributed by atoms with Crippen LogP contribution in [0.25, 0.3) is 0 Å². The molecule has 38 heavy (non-hydrogen) atoms. The molecule has 8 heteroatoms. The lowest BCUT2D eigenvalue weighted by atomic mass is 9.87.